The van der Waals surface area contributed by atoms with Crippen molar-refractivity contribution in [3.05, 3.63) is 79.9 Å². The average molecular weight is 470 g/mol. The number of carbonyl (C=O) groups excluding carboxylic acids is 1. The van der Waals surface area contributed by atoms with Gasteiger partial charge in [0.1, 0.15) is 23.0 Å². The molecule has 0 atom stereocenters. The lowest BCUT2D eigenvalue weighted by molar-refractivity contribution is -0.384. The fraction of sp³-hybridized carbons (Fsp3) is 0.0909. The number of hydrogen-bond acceptors (Lipinski definition) is 7. The molecule has 0 spiro atoms. The Balaban J connectivity index is 1.57. The minimum Gasteiger partial charge on any atom is -0.494 e. The zero-order valence-electron chi connectivity index (χ0n) is 16.9. The van der Waals surface area contributed by atoms with E-state index in [1.54, 1.807) is 49.4 Å². The molecule has 32 heavy (non-hydrogen) atoms. The van der Waals surface area contributed by atoms with Crippen molar-refractivity contribution in [3.8, 4) is 17.1 Å². The number of amides is 1. The summed E-state index contributed by atoms with van der Waals surface area (Å²) < 4.78 is 11.1. The van der Waals surface area contributed by atoms with Crippen LogP contribution in [0.3, 0.4) is 0 Å². The van der Waals surface area contributed by atoms with Crippen molar-refractivity contribution >= 4 is 51.9 Å². The lowest BCUT2D eigenvalue weighted by Crippen LogP contribution is -2.19. The minimum atomic E-state index is -0.442. The summed E-state index contributed by atoms with van der Waals surface area (Å²) in [6.45, 7) is 1.77. The third kappa shape index (κ3) is 4.53. The van der Waals surface area contributed by atoms with Crippen LogP contribution in [-0.2, 0) is 4.79 Å². The van der Waals surface area contributed by atoms with Crippen molar-refractivity contribution in [2.45, 2.75) is 6.92 Å². The molecule has 0 aliphatic carbocycles. The van der Waals surface area contributed by atoms with Gasteiger partial charge in [0.05, 0.1) is 16.9 Å². The van der Waals surface area contributed by atoms with E-state index in [1.165, 1.54) is 19.2 Å². The normalized spacial score (nSPS) is 15.9. The predicted molar refractivity (Wildman–Crippen MR) is 124 cm³/mol. The molecule has 0 saturated carbocycles. The summed E-state index contributed by atoms with van der Waals surface area (Å²) in [5.74, 6) is 1.24. The highest BCUT2D eigenvalue weighted by atomic mass is 35.5. The maximum atomic E-state index is 12.4. The first-order chi connectivity index (χ1) is 15.3. The van der Waals surface area contributed by atoms with E-state index in [0.29, 0.717) is 43.6 Å². The fourth-order valence-electron chi connectivity index (χ4n) is 3.08. The van der Waals surface area contributed by atoms with Crippen molar-refractivity contribution < 1.29 is 18.9 Å². The number of halogens is 1. The van der Waals surface area contributed by atoms with E-state index < -0.39 is 4.92 Å². The summed E-state index contributed by atoms with van der Waals surface area (Å²) in [6, 6.07) is 13.1. The minimum absolute atomic E-state index is 0.0160. The number of ether oxygens (including phenoxy) is 1. The van der Waals surface area contributed by atoms with Gasteiger partial charge in [-0.2, -0.15) is 0 Å². The molecule has 0 radical (unpaired) electrons. The van der Waals surface area contributed by atoms with Crippen LogP contribution in [0.5, 0.6) is 5.75 Å². The summed E-state index contributed by atoms with van der Waals surface area (Å²) in [5.41, 5.74) is 1.96. The van der Waals surface area contributed by atoms with E-state index in [-0.39, 0.29) is 11.6 Å². The lowest BCUT2D eigenvalue weighted by atomic mass is 10.1. The molecule has 2 aromatic carbocycles. The number of non-ortho nitro benzene ring substituents is 1. The standard InChI is InChI=1S/C22H16ClN3O5S/c1-12-9-14(26(28)29)4-6-16(12)18-8-5-15(31-18)11-20-21(27)25-22(32-20)24-17-10-13(23)3-7-19(17)30-2/h3-11H,1-2H3,(H,24,25,27)/b20-11-. The number of rotatable bonds is 5. The molecule has 1 aliphatic heterocycles. The molecule has 3 aromatic rings. The molecule has 162 valence electrons. The Morgan fingerprint density at radius 2 is 2.03 bits per heavy atom. The van der Waals surface area contributed by atoms with Crippen LogP contribution in [0.25, 0.3) is 17.4 Å². The Morgan fingerprint density at radius 1 is 1.22 bits per heavy atom. The Labute approximate surface area is 192 Å². The van der Waals surface area contributed by atoms with Gasteiger partial charge in [-0.25, -0.2) is 4.99 Å². The number of furan rings is 1. The van der Waals surface area contributed by atoms with Crippen molar-refractivity contribution in [3.63, 3.8) is 0 Å². The number of nitrogens with zero attached hydrogens (tertiary/aromatic N) is 2. The van der Waals surface area contributed by atoms with Gasteiger partial charge in [-0.15, -0.1) is 0 Å². The number of benzene rings is 2. The Hall–Kier alpha value is -3.56. The predicted octanol–water partition coefficient (Wildman–Crippen LogP) is 5.72. The van der Waals surface area contributed by atoms with Crippen LogP contribution < -0.4 is 10.1 Å². The molecule has 1 aliphatic rings. The SMILES string of the molecule is COc1ccc(Cl)cc1N=C1NC(=O)/C(=C/c2ccc(-c3ccc([N+](=O)[O-])cc3C)o2)S1. The number of nitro benzene ring substituents is 1. The highest BCUT2D eigenvalue weighted by Gasteiger charge is 2.25. The lowest BCUT2D eigenvalue weighted by Gasteiger charge is -2.04. The molecular weight excluding hydrogens is 454 g/mol. The van der Waals surface area contributed by atoms with Crippen LogP contribution in [0.4, 0.5) is 11.4 Å². The molecule has 1 amide bonds. The molecule has 0 unspecified atom stereocenters. The van der Waals surface area contributed by atoms with Gasteiger partial charge in [0.15, 0.2) is 5.17 Å². The molecule has 1 saturated heterocycles. The third-order valence-corrected chi connectivity index (χ3v) is 5.75. The van der Waals surface area contributed by atoms with Gasteiger partial charge < -0.3 is 14.5 Å². The van der Waals surface area contributed by atoms with Crippen LogP contribution in [-0.4, -0.2) is 23.1 Å². The number of nitro groups is 1. The second-order valence-electron chi connectivity index (χ2n) is 6.76. The largest absolute Gasteiger partial charge is 0.494 e. The van der Waals surface area contributed by atoms with Crippen molar-refractivity contribution in [2.75, 3.05) is 7.11 Å². The number of aliphatic imine (C=N–C) groups is 1. The zero-order valence-corrected chi connectivity index (χ0v) is 18.5. The molecule has 0 bridgehead atoms. The second-order valence-corrected chi connectivity index (χ2v) is 8.22. The van der Waals surface area contributed by atoms with Crippen LogP contribution in [0.1, 0.15) is 11.3 Å². The molecule has 1 N–H and O–H groups in total. The first kappa shape index (κ1) is 21.7. The zero-order chi connectivity index (χ0) is 22.8. The summed E-state index contributed by atoms with van der Waals surface area (Å²) in [7, 11) is 1.53. The molecule has 8 nitrogen and oxygen atoms in total. The van der Waals surface area contributed by atoms with E-state index in [9.17, 15) is 14.9 Å². The Kier molecular flexibility index (Phi) is 6.02. The first-order valence-corrected chi connectivity index (χ1v) is 10.5. The Bertz CT molecular complexity index is 1300. The van der Waals surface area contributed by atoms with Crippen LogP contribution in [0.2, 0.25) is 5.02 Å². The van der Waals surface area contributed by atoms with Gasteiger partial charge in [0, 0.05) is 28.8 Å². The van der Waals surface area contributed by atoms with Crippen molar-refractivity contribution in [1.29, 1.82) is 0 Å². The second kappa shape index (κ2) is 8.89. The van der Waals surface area contributed by atoms with Gasteiger partial charge in [-0.05, 0) is 60.6 Å². The summed E-state index contributed by atoms with van der Waals surface area (Å²) >= 11 is 7.20. The van der Waals surface area contributed by atoms with Crippen LogP contribution in [0.15, 0.2) is 62.8 Å². The molecule has 1 fully saturated rings. The number of thioether (sulfide) groups is 1. The van der Waals surface area contributed by atoms with E-state index in [2.05, 4.69) is 10.3 Å². The van der Waals surface area contributed by atoms with E-state index in [4.69, 9.17) is 20.8 Å². The number of aryl methyl sites for hydroxylation is 1. The molecule has 2 heterocycles. The van der Waals surface area contributed by atoms with E-state index in [0.717, 1.165) is 17.3 Å². The number of amidine groups is 1. The van der Waals surface area contributed by atoms with Crippen molar-refractivity contribution in [2.24, 2.45) is 4.99 Å². The highest BCUT2D eigenvalue weighted by Crippen LogP contribution is 2.35. The van der Waals surface area contributed by atoms with Gasteiger partial charge in [0.2, 0.25) is 0 Å². The van der Waals surface area contributed by atoms with E-state index in [1.807, 2.05) is 0 Å². The fourth-order valence-corrected chi connectivity index (χ4v) is 4.06. The Morgan fingerprint density at radius 3 is 2.75 bits per heavy atom. The summed E-state index contributed by atoms with van der Waals surface area (Å²) in [4.78, 5) is 27.7. The number of carbonyl (C=O) groups is 1. The van der Waals surface area contributed by atoms with Gasteiger partial charge in [0.25, 0.3) is 11.6 Å². The third-order valence-electron chi connectivity index (χ3n) is 4.60. The van der Waals surface area contributed by atoms with Crippen LogP contribution in [0, 0.1) is 17.0 Å². The average Bonchev–Trinajstić information content (AvgIpc) is 3.34. The first-order valence-electron chi connectivity index (χ1n) is 9.32. The molecule has 4 rings (SSSR count). The quantitative estimate of drug-likeness (QED) is 0.291. The maximum Gasteiger partial charge on any atom is 0.269 e. The molecule has 10 heteroatoms. The number of nitrogens with one attached hydrogen (secondary N) is 1. The topological polar surface area (TPSA) is 107 Å². The summed E-state index contributed by atoms with van der Waals surface area (Å²) in [5, 5.41) is 14.5. The molecule has 1 aromatic heterocycles. The van der Waals surface area contributed by atoms with Gasteiger partial charge in [-0.3, -0.25) is 14.9 Å². The maximum absolute atomic E-state index is 12.4. The molecular formula is C22H16ClN3O5S. The van der Waals surface area contributed by atoms with Crippen LogP contribution >= 0.6 is 23.4 Å². The highest BCUT2D eigenvalue weighted by molar-refractivity contribution is 8.18. The number of methoxy groups -OCH3 is 1. The van der Waals surface area contributed by atoms with Gasteiger partial charge >= 0.3 is 0 Å². The van der Waals surface area contributed by atoms with Crippen molar-refractivity contribution in [1.82, 2.24) is 5.32 Å². The van der Waals surface area contributed by atoms with E-state index >= 15 is 0 Å². The number of hydrogen-bond donors (Lipinski definition) is 1. The van der Waals surface area contributed by atoms with Gasteiger partial charge in [-0.1, -0.05) is 11.6 Å². The summed E-state index contributed by atoms with van der Waals surface area (Å²) in [6.07, 6.45) is 1.61. The smallest absolute Gasteiger partial charge is 0.269 e. The monoisotopic (exact) mass is 469 g/mol.